The maximum absolute atomic E-state index is 12.0. The molecule has 2 heterocycles. The van der Waals surface area contributed by atoms with Gasteiger partial charge in [-0.2, -0.15) is 10.2 Å². The van der Waals surface area contributed by atoms with Crippen LogP contribution in [-0.2, 0) is 6.54 Å². The van der Waals surface area contributed by atoms with Crippen LogP contribution >= 0.6 is 34.8 Å². The number of nitrogens with zero attached hydrogens (tertiary/aromatic N) is 3. The first-order valence-electron chi connectivity index (χ1n) is 6.50. The first kappa shape index (κ1) is 15.9. The first-order chi connectivity index (χ1) is 11.0. The van der Waals surface area contributed by atoms with Gasteiger partial charge in [-0.25, -0.2) is 0 Å². The standard InChI is InChI=1S/C14H10Cl3N5O/c15-9-2-1-8(10(16)5-9)7-22-4-3-12(21-22)19-14(23)13-11(17)6-18-20-13/h1-6H,7H2,(H,18,20)(H,19,21,23). The second-order valence-corrected chi connectivity index (χ2v) is 5.93. The number of hydrogen-bond donors (Lipinski definition) is 2. The van der Waals surface area contributed by atoms with E-state index in [9.17, 15) is 4.79 Å². The Labute approximate surface area is 146 Å². The SMILES string of the molecule is O=C(Nc1ccn(Cc2ccc(Cl)cc2Cl)n1)c1[nH]ncc1Cl. The molecule has 0 atom stereocenters. The van der Waals surface area contributed by atoms with Crippen molar-refractivity contribution in [3.8, 4) is 0 Å². The highest BCUT2D eigenvalue weighted by atomic mass is 35.5. The van der Waals surface area contributed by atoms with Gasteiger partial charge in [-0.1, -0.05) is 40.9 Å². The van der Waals surface area contributed by atoms with E-state index in [1.54, 1.807) is 29.1 Å². The molecule has 0 fully saturated rings. The van der Waals surface area contributed by atoms with Gasteiger partial charge in [0, 0.05) is 22.3 Å². The van der Waals surface area contributed by atoms with Crippen LogP contribution in [0, 0.1) is 0 Å². The molecule has 3 aromatic rings. The zero-order valence-corrected chi connectivity index (χ0v) is 13.8. The number of aromatic nitrogens is 4. The van der Waals surface area contributed by atoms with E-state index in [1.807, 2.05) is 6.07 Å². The summed E-state index contributed by atoms with van der Waals surface area (Å²) in [6.07, 6.45) is 3.09. The van der Waals surface area contributed by atoms with Crippen LogP contribution in [0.1, 0.15) is 16.1 Å². The molecule has 0 bridgehead atoms. The van der Waals surface area contributed by atoms with Crippen molar-refractivity contribution >= 4 is 46.5 Å². The van der Waals surface area contributed by atoms with E-state index in [4.69, 9.17) is 34.8 Å². The van der Waals surface area contributed by atoms with Gasteiger partial charge in [-0.05, 0) is 17.7 Å². The summed E-state index contributed by atoms with van der Waals surface area (Å²) >= 11 is 17.8. The van der Waals surface area contributed by atoms with E-state index in [1.165, 1.54) is 6.20 Å². The van der Waals surface area contributed by atoms with Gasteiger partial charge in [-0.3, -0.25) is 14.6 Å². The van der Waals surface area contributed by atoms with Gasteiger partial charge in [0.1, 0.15) is 5.69 Å². The smallest absolute Gasteiger partial charge is 0.276 e. The average molecular weight is 371 g/mol. The van der Waals surface area contributed by atoms with E-state index in [0.717, 1.165) is 5.56 Å². The van der Waals surface area contributed by atoms with E-state index in [-0.39, 0.29) is 10.7 Å². The van der Waals surface area contributed by atoms with Crippen LogP contribution in [0.2, 0.25) is 15.1 Å². The third-order valence-corrected chi connectivity index (χ3v) is 3.92. The number of halogens is 3. The van der Waals surface area contributed by atoms with Crippen molar-refractivity contribution in [2.24, 2.45) is 0 Å². The fourth-order valence-corrected chi connectivity index (χ4v) is 2.60. The number of carbonyl (C=O) groups excluding carboxylic acids is 1. The molecule has 0 aliphatic carbocycles. The molecule has 0 aliphatic heterocycles. The Kier molecular flexibility index (Phi) is 4.56. The zero-order chi connectivity index (χ0) is 16.4. The minimum Gasteiger partial charge on any atom is -0.304 e. The zero-order valence-electron chi connectivity index (χ0n) is 11.6. The van der Waals surface area contributed by atoms with Crippen molar-refractivity contribution in [2.45, 2.75) is 6.54 Å². The molecule has 1 amide bonds. The highest BCUT2D eigenvalue weighted by Gasteiger charge is 2.14. The van der Waals surface area contributed by atoms with E-state index in [2.05, 4.69) is 20.6 Å². The molecule has 6 nitrogen and oxygen atoms in total. The van der Waals surface area contributed by atoms with E-state index in [0.29, 0.717) is 22.4 Å². The van der Waals surface area contributed by atoms with Gasteiger partial charge in [0.05, 0.1) is 17.8 Å². The van der Waals surface area contributed by atoms with Crippen molar-refractivity contribution in [3.05, 3.63) is 63.0 Å². The van der Waals surface area contributed by atoms with Crippen LogP contribution in [0.4, 0.5) is 5.82 Å². The van der Waals surface area contributed by atoms with Gasteiger partial charge in [0.25, 0.3) is 5.91 Å². The molecule has 9 heteroatoms. The molecule has 2 aromatic heterocycles. The van der Waals surface area contributed by atoms with Crippen LogP contribution in [-0.4, -0.2) is 25.9 Å². The highest BCUT2D eigenvalue weighted by molar-refractivity contribution is 6.35. The summed E-state index contributed by atoms with van der Waals surface area (Å²) in [6.45, 7) is 0.455. The molecule has 23 heavy (non-hydrogen) atoms. The third-order valence-electron chi connectivity index (χ3n) is 3.05. The summed E-state index contributed by atoms with van der Waals surface area (Å²) < 4.78 is 1.65. The lowest BCUT2D eigenvalue weighted by Gasteiger charge is -2.05. The monoisotopic (exact) mass is 369 g/mol. The number of carbonyl (C=O) groups is 1. The Hall–Kier alpha value is -2.02. The first-order valence-corrected chi connectivity index (χ1v) is 7.64. The molecule has 0 saturated carbocycles. The summed E-state index contributed by atoms with van der Waals surface area (Å²) in [6, 6.07) is 6.93. The molecular formula is C14H10Cl3N5O. The third kappa shape index (κ3) is 3.67. The lowest BCUT2D eigenvalue weighted by atomic mass is 10.2. The number of anilines is 1. The Balaban J connectivity index is 1.71. The maximum atomic E-state index is 12.0. The van der Waals surface area contributed by atoms with Gasteiger partial charge in [-0.15, -0.1) is 0 Å². The van der Waals surface area contributed by atoms with Crippen LogP contribution in [0.5, 0.6) is 0 Å². The van der Waals surface area contributed by atoms with Crippen LogP contribution < -0.4 is 5.32 Å². The van der Waals surface area contributed by atoms with E-state index >= 15 is 0 Å². The quantitative estimate of drug-likeness (QED) is 0.732. The Morgan fingerprint density at radius 2 is 2.04 bits per heavy atom. The summed E-state index contributed by atoms with van der Waals surface area (Å²) in [5.74, 6) is -0.0203. The molecule has 0 spiro atoms. The van der Waals surface area contributed by atoms with Crippen LogP contribution in [0.15, 0.2) is 36.7 Å². The number of benzene rings is 1. The molecule has 2 N–H and O–H groups in total. The Morgan fingerprint density at radius 3 is 2.74 bits per heavy atom. The summed E-state index contributed by atoms with van der Waals surface area (Å²) in [7, 11) is 0. The lowest BCUT2D eigenvalue weighted by molar-refractivity contribution is 0.102. The fraction of sp³-hybridized carbons (Fsp3) is 0.0714. The van der Waals surface area contributed by atoms with Crippen molar-refractivity contribution in [3.63, 3.8) is 0 Å². The van der Waals surface area contributed by atoms with Crippen molar-refractivity contribution in [1.82, 2.24) is 20.0 Å². The molecule has 0 saturated heterocycles. The number of rotatable bonds is 4. The Morgan fingerprint density at radius 1 is 1.22 bits per heavy atom. The topological polar surface area (TPSA) is 75.6 Å². The molecule has 0 radical (unpaired) electrons. The van der Waals surface area contributed by atoms with Gasteiger partial charge in [0.2, 0.25) is 0 Å². The fourth-order valence-electron chi connectivity index (χ4n) is 1.95. The predicted octanol–water partition coefficient (Wildman–Crippen LogP) is 3.87. The number of amides is 1. The van der Waals surface area contributed by atoms with Crippen molar-refractivity contribution in [1.29, 1.82) is 0 Å². The normalized spacial score (nSPS) is 10.7. The molecule has 1 aromatic carbocycles. The van der Waals surface area contributed by atoms with Crippen molar-refractivity contribution in [2.75, 3.05) is 5.32 Å². The molecular weight excluding hydrogens is 361 g/mol. The lowest BCUT2D eigenvalue weighted by Crippen LogP contribution is -2.14. The minimum absolute atomic E-state index is 0.182. The number of hydrogen-bond acceptors (Lipinski definition) is 3. The molecule has 0 aliphatic rings. The molecule has 3 rings (SSSR count). The Bertz CT molecular complexity index is 858. The van der Waals surface area contributed by atoms with Gasteiger partial charge >= 0.3 is 0 Å². The number of aromatic amines is 1. The van der Waals surface area contributed by atoms with Gasteiger partial charge < -0.3 is 5.32 Å². The molecule has 118 valence electrons. The summed E-state index contributed by atoms with van der Waals surface area (Å²) in [5, 5.41) is 14.5. The summed E-state index contributed by atoms with van der Waals surface area (Å²) in [4.78, 5) is 12.0. The largest absolute Gasteiger partial charge is 0.304 e. The maximum Gasteiger partial charge on any atom is 0.276 e. The average Bonchev–Trinajstić information content (AvgIpc) is 3.11. The second-order valence-electron chi connectivity index (χ2n) is 4.68. The predicted molar refractivity (Wildman–Crippen MR) is 89.3 cm³/mol. The van der Waals surface area contributed by atoms with E-state index < -0.39 is 5.91 Å². The van der Waals surface area contributed by atoms with Gasteiger partial charge in [0.15, 0.2) is 5.82 Å². The van der Waals surface area contributed by atoms with Crippen LogP contribution in [0.25, 0.3) is 0 Å². The number of nitrogens with one attached hydrogen (secondary N) is 2. The van der Waals surface area contributed by atoms with Crippen LogP contribution in [0.3, 0.4) is 0 Å². The second kappa shape index (κ2) is 6.62. The minimum atomic E-state index is -0.415. The highest BCUT2D eigenvalue weighted by Crippen LogP contribution is 2.22. The van der Waals surface area contributed by atoms with Crippen molar-refractivity contribution < 1.29 is 4.79 Å². The number of H-pyrrole nitrogens is 1. The summed E-state index contributed by atoms with van der Waals surface area (Å²) in [5.41, 5.74) is 1.05. The molecule has 0 unspecified atom stereocenters.